The van der Waals surface area contributed by atoms with E-state index in [-0.39, 0.29) is 37.2 Å². The predicted molar refractivity (Wildman–Crippen MR) is 89.9 cm³/mol. The number of carbonyl (C=O) groups excluding carboxylic acids is 1. The maximum Gasteiger partial charge on any atom is 0.410 e. The second kappa shape index (κ2) is 7.59. The highest BCUT2D eigenvalue weighted by Gasteiger charge is 2.40. The molecule has 0 aliphatic carbocycles. The lowest BCUT2D eigenvalue weighted by molar-refractivity contribution is -0.132. The van der Waals surface area contributed by atoms with Gasteiger partial charge < -0.3 is 14.7 Å². The molecule has 0 saturated carbocycles. The van der Waals surface area contributed by atoms with Gasteiger partial charge in [0, 0.05) is 32.1 Å². The van der Waals surface area contributed by atoms with Crippen molar-refractivity contribution in [3.8, 4) is 0 Å². The number of carbonyl (C=O) groups is 2. The van der Waals surface area contributed by atoms with Crippen molar-refractivity contribution in [2.75, 3.05) is 13.1 Å². The van der Waals surface area contributed by atoms with Crippen molar-refractivity contribution in [1.82, 2.24) is 4.90 Å². The molecule has 0 aromatic heterocycles. The van der Waals surface area contributed by atoms with Crippen molar-refractivity contribution >= 4 is 17.8 Å². The average molecular weight is 340 g/mol. The summed E-state index contributed by atoms with van der Waals surface area (Å²) in [5.41, 5.74) is -2.26. The van der Waals surface area contributed by atoms with Gasteiger partial charge in [0.15, 0.2) is 5.67 Å². The Kier molecular flexibility index (Phi) is 6.29. The molecule has 0 aromatic rings. The molecule has 0 unspecified atom stereocenters. The number of alkyl halides is 1. The Morgan fingerprint density at radius 2 is 1.88 bits per heavy atom. The normalized spacial score (nSPS) is 19.0. The van der Waals surface area contributed by atoms with Crippen LogP contribution in [-0.2, 0) is 9.53 Å². The molecule has 1 aliphatic heterocycles. The van der Waals surface area contributed by atoms with Crippen LogP contribution >= 0.6 is 0 Å². The topological polar surface area (TPSA) is 79.2 Å². The van der Waals surface area contributed by atoms with E-state index in [1.807, 2.05) is 0 Å². The fourth-order valence-electron chi connectivity index (χ4n) is 2.20. The molecule has 0 spiro atoms. The van der Waals surface area contributed by atoms with E-state index >= 15 is 4.39 Å². The molecule has 1 N–H and O–H groups in total. The van der Waals surface area contributed by atoms with Crippen LogP contribution in [0.4, 0.5) is 9.18 Å². The number of likely N-dealkylation sites (tertiary alicyclic amines) is 1. The smallest absolute Gasteiger partial charge is 0.410 e. The van der Waals surface area contributed by atoms with Gasteiger partial charge in [0.2, 0.25) is 0 Å². The molecule has 0 aromatic carbocycles. The van der Waals surface area contributed by atoms with Crippen LogP contribution in [0.15, 0.2) is 29.4 Å². The molecule has 24 heavy (non-hydrogen) atoms. The maximum absolute atomic E-state index is 15.1. The van der Waals surface area contributed by atoms with Crippen LogP contribution in [-0.4, -0.2) is 52.1 Å². The van der Waals surface area contributed by atoms with Crippen LogP contribution in [0.2, 0.25) is 0 Å². The van der Waals surface area contributed by atoms with Gasteiger partial charge in [0.1, 0.15) is 5.60 Å². The van der Waals surface area contributed by atoms with Gasteiger partial charge in [0.25, 0.3) is 0 Å². The number of amides is 1. The third kappa shape index (κ3) is 5.47. The lowest BCUT2D eigenvalue weighted by Crippen LogP contribution is -2.49. The summed E-state index contributed by atoms with van der Waals surface area (Å²) in [6.07, 6.45) is 2.03. The number of piperidine rings is 1. The first kappa shape index (κ1) is 19.9. The molecule has 0 atom stereocenters. The minimum Gasteiger partial charge on any atom is -0.478 e. The fraction of sp³-hybridized carbons (Fsp3) is 0.588. The molecule has 134 valence electrons. The molecule has 1 saturated heterocycles. The third-order valence-corrected chi connectivity index (χ3v) is 3.59. The maximum atomic E-state index is 15.1. The summed E-state index contributed by atoms with van der Waals surface area (Å²) in [5.74, 6) is -1.12. The quantitative estimate of drug-likeness (QED) is 0.629. The first-order chi connectivity index (χ1) is 11.0. The highest BCUT2D eigenvalue weighted by molar-refractivity contribution is 6.02. The van der Waals surface area contributed by atoms with Crippen LogP contribution < -0.4 is 0 Å². The van der Waals surface area contributed by atoms with Gasteiger partial charge in [-0.15, -0.1) is 0 Å². The molecular formula is C17H25FN2O4. The van der Waals surface area contributed by atoms with Crippen molar-refractivity contribution in [2.24, 2.45) is 4.99 Å². The predicted octanol–water partition coefficient (Wildman–Crippen LogP) is 3.34. The van der Waals surface area contributed by atoms with Gasteiger partial charge in [-0.2, -0.15) is 0 Å². The summed E-state index contributed by atoms with van der Waals surface area (Å²) in [4.78, 5) is 28.2. The minimum absolute atomic E-state index is 0.00383. The summed E-state index contributed by atoms with van der Waals surface area (Å²) in [7, 11) is 0. The molecule has 1 rings (SSSR count). The summed E-state index contributed by atoms with van der Waals surface area (Å²) in [6, 6.07) is 0. The fourth-order valence-corrected chi connectivity index (χ4v) is 2.20. The Morgan fingerprint density at radius 3 is 2.29 bits per heavy atom. The van der Waals surface area contributed by atoms with E-state index in [9.17, 15) is 9.59 Å². The van der Waals surface area contributed by atoms with Gasteiger partial charge in [-0.1, -0.05) is 6.58 Å². The molecule has 1 heterocycles. The highest BCUT2D eigenvalue weighted by atomic mass is 19.1. The second-order valence-electron chi connectivity index (χ2n) is 6.77. The van der Waals surface area contributed by atoms with Gasteiger partial charge in [-0.3, -0.25) is 4.99 Å². The standard InChI is InChI=1S/C17H25FN2O4/c1-6-13(19-11-12(2)14(21)22)17(18)7-9-20(10-8-17)15(23)24-16(3,4)5/h6,11H,1,7-10H2,2-5H3,(H,21,22)/b12-11+,19-13?. The van der Waals surface area contributed by atoms with E-state index in [1.54, 1.807) is 20.8 Å². The number of hydrogen-bond donors (Lipinski definition) is 1. The van der Waals surface area contributed by atoms with E-state index in [0.29, 0.717) is 0 Å². The average Bonchev–Trinajstić information content (AvgIpc) is 2.46. The first-order valence-electron chi connectivity index (χ1n) is 7.76. The number of hydrogen-bond acceptors (Lipinski definition) is 4. The summed E-state index contributed by atoms with van der Waals surface area (Å²) in [5, 5.41) is 8.82. The van der Waals surface area contributed by atoms with E-state index in [4.69, 9.17) is 9.84 Å². The van der Waals surface area contributed by atoms with Gasteiger partial charge in [0.05, 0.1) is 11.3 Å². The van der Waals surface area contributed by atoms with Crippen LogP contribution in [0.25, 0.3) is 0 Å². The lowest BCUT2D eigenvalue weighted by Gasteiger charge is -2.37. The van der Waals surface area contributed by atoms with E-state index in [1.165, 1.54) is 17.9 Å². The molecule has 0 bridgehead atoms. The number of rotatable bonds is 4. The molecule has 0 radical (unpaired) electrons. The number of carboxylic acid groups (broad SMARTS) is 1. The van der Waals surface area contributed by atoms with Crippen molar-refractivity contribution in [3.05, 3.63) is 24.4 Å². The van der Waals surface area contributed by atoms with Crippen LogP contribution in [0.3, 0.4) is 0 Å². The van der Waals surface area contributed by atoms with Crippen molar-refractivity contribution in [3.63, 3.8) is 0 Å². The summed E-state index contributed by atoms with van der Waals surface area (Å²) < 4.78 is 20.4. The van der Waals surface area contributed by atoms with Gasteiger partial charge >= 0.3 is 12.1 Å². The Morgan fingerprint density at radius 1 is 1.33 bits per heavy atom. The lowest BCUT2D eigenvalue weighted by atomic mass is 9.88. The molecule has 6 nitrogen and oxygen atoms in total. The van der Waals surface area contributed by atoms with Gasteiger partial charge in [-0.25, -0.2) is 14.0 Å². The minimum atomic E-state index is -1.74. The Balaban J connectivity index is 2.80. The number of carboxylic acids is 1. The molecule has 1 fully saturated rings. The molecule has 1 amide bonds. The molecular weight excluding hydrogens is 315 g/mol. The van der Waals surface area contributed by atoms with Crippen molar-refractivity contribution in [1.29, 1.82) is 0 Å². The summed E-state index contributed by atoms with van der Waals surface area (Å²) in [6.45, 7) is 10.6. The van der Waals surface area contributed by atoms with E-state index in [2.05, 4.69) is 11.6 Å². The SMILES string of the molecule is C=CC(=N/C=C(\C)C(=O)O)C1(F)CCN(C(=O)OC(C)(C)C)CC1. The Bertz CT molecular complexity index is 568. The number of aliphatic imine (C=N–C) groups is 1. The number of ether oxygens (including phenoxy) is 1. The van der Waals surface area contributed by atoms with Crippen molar-refractivity contribution in [2.45, 2.75) is 51.8 Å². The van der Waals surface area contributed by atoms with E-state index < -0.39 is 23.3 Å². The zero-order valence-corrected chi connectivity index (χ0v) is 14.6. The van der Waals surface area contributed by atoms with Crippen molar-refractivity contribution < 1.29 is 23.8 Å². The largest absolute Gasteiger partial charge is 0.478 e. The summed E-state index contributed by atoms with van der Waals surface area (Å²) >= 11 is 0. The molecule has 7 heteroatoms. The third-order valence-electron chi connectivity index (χ3n) is 3.59. The highest BCUT2D eigenvalue weighted by Crippen LogP contribution is 2.30. The number of aliphatic carboxylic acids is 1. The Hall–Kier alpha value is -2.18. The van der Waals surface area contributed by atoms with Crippen LogP contribution in [0.1, 0.15) is 40.5 Å². The number of nitrogens with zero attached hydrogens (tertiary/aromatic N) is 2. The van der Waals surface area contributed by atoms with Crippen LogP contribution in [0.5, 0.6) is 0 Å². The zero-order valence-electron chi connectivity index (χ0n) is 14.6. The zero-order chi connectivity index (χ0) is 18.5. The Labute approximate surface area is 141 Å². The number of halogens is 1. The molecule has 1 aliphatic rings. The van der Waals surface area contributed by atoms with Gasteiger partial charge in [-0.05, 0) is 33.8 Å². The van der Waals surface area contributed by atoms with E-state index in [0.717, 1.165) is 6.20 Å². The van der Waals surface area contributed by atoms with Crippen LogP contribution in [0, 0.1) is 0 Å². The second-order valence-corrected chi connectivity index (χ2v) is 6.77. The first-order valence-corrected chi connectivity index (χ1v) is 7.76. The number of allylic oxidation sites excluding steroid dienone is 1. The monoisotopic (exact) mass is 340 g/mol.